The van der Waals surface area contributed by atoms with Crippen molar-refractivity contribution in [2.75, 3.05) is 25.6 Å². The van der Waals surface area contributed by atoms with Crippen LogP contribution in [0.5, 0.6) is 0 Å². The van der Waals surface area contributed by atoms with Gasteiger partial charge in [-0.2, -0.15) is 9.67 Å². The minimum absolute atomic E-state index is 0.204. The number of rotatable bonds is 2. The number of fused-ring (bicyclic) bond motifs is 1. The van der Waals surface area contributed by atoms with Gasteiger partial charge in [0.1, 0.15) is 0 Å². The van der Waals surface area contributed by atoms with E-state index in [2.05, 4.69) is 41.2 Å². The monoisotopic (exact) mass is 286 g/mol. The van der Waals surface area contributed by atoms with Crippen LogP contribution in [0.25, 0.3) is 5.69 Å². The smallest absolute Gasteiger partial charge is 0.241 e. The normalized spacial score (nSPS) is 18.5. The van der Waals surface area contributed by atoms with E-state index in [0.29, 0.717) is 12.0 Å². The number of hydrogen-bond acceptors (Lipinski definition) is 5. The van der Waals surface area contributed by atoms with E-state index in [1.54, 1.807) is 4.68 Å². The molecule has 1 aliphatic carbocycles. The number of aryl methyl sites for hydroxylation is 2. The molecule has 6 heteroatoms. The molecule has 1 atom stereocenters. The van der Waals surface area contributed by atoms with E-state index < -0.39 is 0 Å². The molecule has 1 heterocycles. The largest absolute Gasteiger partial charge is 0.368 e. The van der Waals surface area contributed by atoms with E-state index in [1.165, 1.54) is 24.0 Å². The SMILES string of the molecule is CN(C)[C@H]1CCc2ccc(-n3nc(N)nc3N)cc2CC1. The molecule has 0 bridgehead atoms. The van der Waals surface area contributed by atoms with Crippen molar-refractivity contribution in [1.29, 1.82) is 0 Å². The fourth-order valence-electron chi connectivity index (χ4n) is 3.06. The maximum atomic E-state index is 5.84. The molecule has 0 aliphatic heterocycles. The lowest BCUT2D eigenvalue weighted by atomic mass is 10.0. The quantitative estimate of drug-likeness (QED) is 0.811. The molecule has 1 aliphatic rings. The molecule has 6 nitrogen and oxygen atoms in total. The van der Waals surface area contributed by atoms with Gasteiger partial charge in [-0.1, -0.05) is 6.07 Å². The number of nitrogens with zero attached hydrogens (tertiary/aromatic N) is 4. The Morgan fingerprint density at radius 3 is 2.48 bits per heavy atom. The summed E-state index contributed by atoms with van der Waals surface area (Å²) in [5.41, 5.74) is 15.2. The highest BCUT2D eigenvalue weighted by Crippen LogP contribution is 2.25. The van der Waals surface area contributed by atoms with Crippen LogP contribution in [0, 0.1) is 0 Å². The average molecular weight is 286 g/mol. The molecule has 0 spiro atoms. The third kappa shape index (κ3) is 2.71. The zero-order chi connectivity index (χ0) is 15.0. The van der Waals surface area contributed by atoms with E-state index in [0.717, 1.165) is 18.5 Å². The Hall–Kier alpha value is -2.08. The summed E-state index contributed by atoms with van der Waals surface area (Å²) >= 11 is 0. The highest BCUT2D eigenvalue weighted by atomic mass is 15.4. The summed E-state index contributed by atoms with van der Waals surface area (Å²) in [7, 11) is 4.32. The van der Waals surface area contributed by atoms with Crippen LogP contribution in [-0.2, 0) is 12.8 Å². The lowest BCUT2D eigenvalue weighted by Gasteiger charge is -2.21. The number of benzene rings is 1. The van der Waals surface area contributed by atoms with Crippen molar-refractivity contribution in [1.82, 2.24) is 19.7 Å². The maximum Gasteiger partial charge on any atom is 0.241 e. The van der Waals surface area contributed by atoms with E-state index >= 15 is 0 Å². The predicted octanol–water partition coefficient (Wildman–Crippen LogP) is 1.24. The van der Waals surface area contributed by atoms with Gasteiger partial charge in [0.2, 0.25) is 11.9 Å². The van der Waals surface area contributed by atoms with Gasteiger partial charge in [-0.05, 0) is 63.0 Å². The second kappa shape index (κ2) is 5.37. The van der Waals surface area contributed by atoms with Gasteiger partial charge in [-0.3, -0.25) is 0 Å². The van der Waals surface area contributed by atoms with Crippen molar-refractivity contribution in [2.45, 2.75) is 31.7 Å². The van der Waals surface area contributed by atoms with Crippen molar-refractivity contribution in [3.05, 3.63) is 29.3 Å². The molecular formula is C15H22N6. The number of nitrogen functional groups attached to an aromatic ring is 2. The topological polar surface area (TPSA) is 86.0 Å². The second-order valence-corrected chi connectivity index (χ2v) is 5.89. The Balaban J connectivity index is 1.91. The fourth-order valence-corrected chi connectivity index (χ4v) is 3.06. The second-order valence-electron chi connectivity index (χ2n) is 5.89. The van der Waals surface area contributed by atoms with E-state index in [-0.39, 0.29) is 5.95 Å². The molecule has 3 rings (SSSR count). The summed E-state index contributed by atoms with van der Waals surface area (Å²) in [4.78, 5) is 6.28. The fraction of sp³-hybridized carbons (Fsp3) is 0.467. The first-order valence-electron chi connectivity index (χ1n) is 7.31. The summed E-state index contributed by atoms with van der Waals surface area (Å²) in [6.07, 6.45) is 4.58. The summed E-state index contributed by atoms with van der Waals surface area (Å²) in [6.45, 7) is 0. The number of nitrogens with two attached hydrogens (primary N) is 2. The zero-order valence-corrected chi connectivity index (χ0v) is 12.6. The van der Waals surface area contributed by atoms with Crippen LogP contribution >= 0.6 is 0 Å². The van der Waals surface area contributed by atoms with Crippen LogP contribution in [0.4, 0.5) is 11.9 Å². The van der Waals surface area contributed by atoms with Crippen LogP contribution in [0.15, 0.2) is 18.2 Å². The Morgan fingerprint density at radius 1 is 1.14 bits per heavy atom. The highest BCUT2D eigenvalue weighted by Gasteiger charge is 2.18. The minimum Gasteiger partial charge on any atom is -0.368 e. The van der Waals surface area contributed by atoms with Crippen LogP contribution < -0.4 is 11.5 Å². The summed E-state index contributed by atoms with van der Waals surface area (Å²) in [6, 6.07) is 7.03. The minimum atomic E-state index is 0.204. The van der Waals surface area contributed by atoms with Gasteiger partial charge in [-0.25, -0.2) is 0 Å². The third-order valence-corrected chi connectivity index (χ3v) is 4.31. The third-order valence-electron chi connectivity index (χ3n) is 4.31. The van der Waals surface area contributed by atoms with Crippen LogP contribution in [0.2, 0.25) is 0 Å². The molecule has 1 aromatic heterocycles. The summed E-state index contributed by atoms with van der Waals surface area (Å²) in [5, 5.41) is 4.15. The zero-order valence-electron chi connectivity index (χ0n) is 12.6. The Labute approximate surface area is 124 Å². The number of hydrogen-bond donors (Lipinski definition) is 2. The number of aromatic nitrogens is 3. The molecular weight excluding hydrogens is 264 g/mol. The summed E-state index contributed by atoms with van der Waals surface area (Å²) < 4.78 is 1.60. The van der Waals surface area contributed by atoms with Gasteiger partial charge in [-0.15, -0.1) is 5.10 Å². The van der Waals surface area contributed by atoms with E-state index in [1.807, 2.05) is 6.07 Å². The standard InChI is InChI=1S/C15H22N6/c1-20(2)12-6-3-10-4-8-13(9-11(10)5-7-12)21-15(17)18-14(16)19-21/h4,8-9,12H,3,5-7H2,1-2H3,(H4,16,17,18,19)/t12-/m0/s1. The Morgan fingerprint density at radius 2 is 1.86 bits per heavy atom. The lowest BCUT2D eigenvalue weighted by Crippen LogP contribution is -2.27. The highest BCUT2D eigenvalue weighted by molar-refractivity contribution is 5.45. The average Bonchev–Trinajstić information content (AvgIpc) is 2.67. The molecule has 1 aromatic carbocycles. The van der Waals surface area contributed by atoms with Gasteiger partial charge in [0.15, 0.2) is 0 Å². The van der Waals surface area contributed by atoms with Crippen molar-refractivity contribution < 1.29 is 0 Å². The molecule has 0 amide bonds. The lowest BCUT2D eigenvalue weighted by molar-refractivity contribution is 0.269. The van der Waals surface area contributed by atoms with Gasteiger partial charge < -0.3 is 16.4 Å². The van der Waals surface area contributed by atoms with Crippen molar-refractivity contribution in [3.63, 3.8) is 0 Å². The first-order valence-corrected chi connectivity index (χ1v) is 7.31. The van der Waals surface area contributed by atoms with Gasteiger partial charge in [0.25, 0.3) is 0 Å². The van der Waals surface area contributed by atoms with Crippen LogP contribution in [0.1, 0.15) is 24.0 Å². The molecule has 0 saturated carbocycles. The molecule has 4 N–H and O–H groups in total. The first-order chi connectivity index (χ1) is 10.0. The van der Waals surface area contributed by atoms with Crippen LogP contribution in [0.3, 0.4) is 0 Å². The number of anilines is 2. The van der Waals surface area contributed by atoms with Gasteiger partial charge in [0, 0.05) is 6.04 Å². The molecule has 21 heavy (non-hydrogen) atoms. The van der Waals surface area contributed by atoms with Crippen molar-refractivity contribution in [3.8, 4) is 5.69 Å². The summed E-state index contributed by atoms with van der Waals surface area (Å²) in [5.74, 6) is 0.530. The van der Waals surface area contributed by atoms with E-state index in [4.69, 9.17) is 11.5 Å². The Bertz CT molecular complexity index is 646. The van der Waals surface area contributed by atoms with Crippen LogP contribution in [-0.4, -0.2) is 39.8 Å². The molecule has 0 unspecified atom stereocenters. The van der Waals surface area contributed by atoms with Gasteiger partial charge >= 0.3 is 0 Å². The molecule has 0 radical (unpaired) electrons. The molecule has 0 fully saturated rings. The van der Waals surface area contributed by atoms with Crippen molar-refractivity contribution in [2.24, 2.45) is 0 Å². The maximum absolute atomic E-state index is 5.84. The first kappa shape index (κ1) is 13.9. The predicted molar refractivity (Wildman–Crippen MR) is 84.3 cm³/mol. The van der Waals surface area contributed by atoms with E-state index in [9.17, 15) is 0 Å². The Kier molecular flexibility index (Phi) is 3.55. The van der Waals surface area contributed by atoms with Gasteiger partial charge in [0.05, 0.1) is 5.69 Å². The molecule has 0 saturated heterocycles. The molecule has 2 aromatic rings. The molecule has 112 valence electrons. The van der Waals surface area contributed by atoms with Crippen molar-refractivity contribution >= 4 is 11.9 Å².